The molecular formula is C21H24ClN3O3. The molecule has 0 fully saturated rings. The fourth-order valence-corrected chi connectivity index (χ4v) is 2.86. The summed E-state index contributed by atoms with van der Waals surface area (Å²) < 4.78 is 0. The summed E-state index contributed by atoms with van der Waals surface area (Å²) in [5.74, 6) is -0.580. The van der Waals surface area contributed by atoms with Gasteiger partial charge in [0, 0.05) is 30.6 Å². The number of halogens is 1. The van der Waals surface area contributed by atoms with Gasteiger partial charge in [0.05, 0.1) is 12.5 Å². The zero-order chi connectivity index (χ0) is 20.5. The first kappa shape index (κ1) is 21.4. The van der Waals surface area contributed by atoms with E-state index in [0.717, 1.165) is 11.1 Å². The number of hydrogen-bond donors (Lipinski definition) is 3. The van der Waals surface area contributed by atoms with Gasteiger partial charge in [0.25, 0.3) is 5.91 Å². The van der Waals surface area contributed by atoms with Gasteiger partial charge in [-0.2, -0.15) is 0 Å². The summed E-state index contributed by atoms with van der Waals surface area (Å²) in [6.07, 6.45) is 0.0945. The molecule has 28 heavy (non-hydrogen) atoms. The van der Waals surface area contributed by atoms with Crippen LogP contribution in [0.3, 0.4) is 0 Å². The highest BCUT2D eigenvalue weighted by molar-refractivity contribution is 6.30. The fourth-order valence-electron chi connectivity index (χ4n) is 2.74. The van der Waals surface area contributed by atoms with Crippen LogP contribution in [0.4, 0.5) is 0 Å². The van der Waals surface area contributed by atoms with Gasteiger partial charge in [-0.25, -0.2) is 0 Å². The summed E-state index contributed by atoms with van der Waals surface area (Å²) in [5.41, 5.74) is 2.17. The van der Waals surface area contributed by atoms with Crippen molar-refractivity contribution >= 4 is 29.3 Å². The van der Waals surface area contributed by atoms with E-state index in [2.05, 4.69) is 16.0 Å². The SMILES string of the molecule is CCNC(=O)c1cccc(CNC(=O)CC(NC(C)=O)c2ccc(Cl)cc2)c1. The maximum Gasteiger partial charge on any atom is 0.251 e. The van der Waals surface area contributed by atoms with Gasteiger partial charge < -0.3 is 16.0 Å². The number of amides is 3. The van der Waals surface area contributed by atoms with E-state index in [-0.39, 0.29) is 24.1 Å². The highest BCUT2D eigenvalue weighted by Crippen LogP contribution is 2.19. The second kappa shape index (κ2) is 10.5. The number of nitrogens with one attached hydrogen (secondary N) is 3. The lowest BCUT2D eigenvalue weighted by atomic mass is 10.0. The average Bonchev–Trinajstić information content (AvgIpc) is 2.66. The Kier molecular flexibility index (Phi) is 8.02. The number of carbonyl (C=O) groups excluding carboxylic acids is 3. The molecular weight excluding hydrogens is 378 g/mol. The van der Waals surface area contributed by atoms with Gasteiger partial charge in [0.2, 0.25) is 11.8 Å². The highest BCUT2D eigenvalue weighted by Gasteiger charge is 2.17. The fraction of sp³-hybridized carbons (Fsp3) is 0.286. The molecule has 0 radical (unpaired) electrons. The van der Waals surface area contributed by atoms with Gasteiger partial charge in [0.15, 0.2) is 0 Å². The van der Waals surface area contributed by atoms with Gasteiger partial charge in [-0.1, -0.05) is 35.9 Å². The van der Waals surface area contributed by atoms with Crippen molar-refractivity contribution in [2.75, 3.05) is 6.54 Å². The van der Waals surface area contributed by atoms with Crippen molar-refractivity contribution in [3.63, 3.8) is 0 Å². The zero-order valence-electron chi connectivity index (χ0n) is 15.9. The first-order chi connectivity index (χ1) is 13.4. The van der Waals surface area contributed by atoms with Crippen LogP contribution in [0, 0.1) is 0 Å². The molecule has 0 saturated carbocycles. The number of benzene rings is 2. The monoisotopic (exact) mass is 401 g/mol. The molecule has 3 N–H and O–H groups in total. The Morgan fingerprint density at radius 1 is 1.04 bits per heavy atom. The summed E-state index contributed by atoms with van der Waals surface area (Å²) in [5, 5.41) is 8.95. The lowest BCUT2D eigenvalue weighted by molar-refractivity contribution is -0.122. The van der Waals surface area contributed by atoms with Crippen molar-refractivity contribution in [3.05, 3.63) is 70.2 Å². The van der Waals surface area contributed by atoms with Crippen LogP contribution < -0.4 is 16.0 Å². The van der Waals surface area contributed by atoms with Gasteiger partial charge in [-0.05, 0) is 42.3 Å². The Balaban J connectivity index is 1.99. The van der Waals surface area contributed by atoms with Crippen molar-refractivity contribution < 1.29 is 14.4 Å². The molecule has 2 aromatic rings. The molecule has 0 aliphatic heterocycles. The minimum absolute atomic E-state index is 0.0945. The first-order valence-corrected chi connectivity index (χ1v) is 9.43. The van der Waals surface area contributed by atoms with E-state index in [4.69, 9.17) is 11.6 Å². The topological polar surface area (TPSA) is 87.3 Å². The van der Waals surface area contributed by atoms with Crippen LogP contribution in [0.5, 0.6) is 0 Å². The van der Waals surface area contributed by atoms with Crippen molar-refractivity contribution in [3.8, 4) is 0 Å². The number of hydrogen-bond acceptors (Lipinski definition) is 3. The Labute approximate surface area is 169 Å². The lowest BCUT2D eigenvalue weighted by Gasteiger charge is -2.18. The van der Waals surface area contributed by atoms with E-state index in [9.17, 15) is 14.4 Å². The zero-order valence-corrected chi connectivity index (χ0v) is 16.7. The van der Waals surface area contributed by atoms with Gasteiger partial charge >= 0.3 is 0 Å². The number of carbonyl (C=O) groups is 3. The van der Waals surface area contributed by atoms with Crippen molar-refractivity contribution in [1.82, 2.24) is 16.0 Å². The molecule has 2 rings (SSSR count). The molecule has 2 aromatic carbocycles. The largest absolute Gasteiger partial charge is 0.352 e. The summed E-state index contributed by atoms with van der Waals surface area (Å²) in [6.45, 7) is 4.11. The predicted octanol–water partition coefficient (Wildman–Crippen LogP) is 2.97. The van der Waals surface area contributed by atoms with Crippen molar-refractivity contribution in [1.29, 1.82) is 0 Å². The third-order valence-corrected chi connectivity index (χ3v) is 4.31. The molecule has 6 nitrogen and oxygen atoms in total. The molecule has 1 atom stereocenters. The van der Waals surface area contributed by atoms with Crippen LogP contribution in [-0.4, -0.2) is 24.3 Å². The van der Waals surface area contributed by atoms with Crippen molar-refractivity contribution in [2.24, 2.45) is 0 Å². The molecule has 1 unspecified atom stereocenters. The van der Waals surface area contributed by atoms with Gasteiger partial charge in [-0.3, -0.25) is 14.4 Å². The lowest BCUT2D eigenvalue weighted by Crippen LogP contribution is -2.32. The molecule has 0 heterocycles. The van der Waals surface area contributed by atoms with E-state index >= 15 is 0 Å². The molecule has 0 saturated heterocycles. The normalized spacial score (nSPS) is 11.4. The molecule has 3 amide bonds. The molecule has 0 spiro atoms. The van der Waals surface area contributed by atoms with Crippen molar-refractivity contribution in [2.45, 2.75) is 32.9 Å². The van der Waals surface area contributed by atoms with Gasteiger partial charge in [-0.15, -0.1) is 0 Å². The van der Waals surface area contributed by atoms with Crippen LogP contribution in [0.15, 0.2) is 48.5 Å². The van der Waals surface area contributed by atoms with Crippen LogP contribution in [0.25, 0.3) is 0 Å². The van der Waals surface area contributed by atoms with Crippen LogP contribution in [-0.2, 0) is 16.1 Å². The molecule has 148 valence electrons. The minimum atomic E-state index is -0.448. The number of rotatable bonds is 8. The summed E-state index contributed by atoms with van der Waals surface area (Å²) in [7, 11) is 0. The first-order valence-electron chi connectivity index (χ1n) is 9.05. The van der Waals surface area contributed by atoms with E-state index < -0.39 is 6.04 Å². The van der Waals surface area contributed by atoms with E-state index in [0.29, 0.717) is 23.7 Å². The average molecular weight is 402 g/mol. The van der Waals surface area contributed by atoms with E-state index in [1.165, 1.54) is 6.92 Å². The second-order valence-corrected chi connectivity index (χ2v) is 6.78. The predicted molar refractivity (Wildman–Crippen MR) is 109 cm³/mol. The van der Waals surface area contributed by atoms with Crippen LogP contribution in [0.1, 0.15) is 47.8 Å². The van der Waals surface area contributed by atoms with Crippen LogP contribution in [0.2, 0.25) is 5.02 Å². The van der Waals surface area contributed by atoms with Crippen LogP contribution >= 0.6 is 11.6 Å². The minimum Gasteiger partial charge on any atom is -0.352 e. The molecule has 7 heteroatoms. The summed E-state index contributed by atoms with van der Waals surface area (Å²) >= 11 is 5.91. The molecule has 0 aliphatic carbocycles. The summed E-state index contributed by atoms with van der Waals surface area (Å²) in [4.78, 5) is 35.8. The third kappa shape index (κ3) is 6.70. The smallest absolute Gasteiger partial charge is 0.251 e. The van der Waals surface area contributed by atoms with Gasteiger partial charge in [0.1, 0.15) is 0 Å². The molecule has 0 aromatic heterocycles. The van der Waals surface area contributed by atoms with E-state index in [1.807, 2.05) is 13.0 Å². The molecule has 0 bridgehead atoms. The maximum atomic E-state index is 12.4. The quantitative estimate of drug-likeness (QED) is 0.635. The third-order valence-electron chi connectivity index (χ3n) is 4.06. The second-order valence-electron chi connectivity index (χ2n) is 6.35. The standard InChI is InChI=1S/C21H24ClN3O3/c1-3-23-21(28)17-6-4-5-15(11-17)13-24-20(27)12-19(25-14(2)26)16-7-9-18(22)10-8-16/h4-11,19H,3,12-13H2,1-2H3,(H,23,28)(H,24,27)(H,25,26). The maximum absolute atomic E-state index is 12.4. The highest BCUT2D eigenvalue weighted by atomic mass is 35.5. The Hall–Kier alpha value is -2.86. The Morgan fingerprint density at radius 3 is 2.39 bits per heavy atom. The summed E-state index contributed by atoms with van der Waals surface area (Å²) in [6, 6.07) is 13.6. The van der Waals surface area contributed by atoms with E-state index in [1.54, 1.807) is 42.5 Å². The Morgan fingerprint density at radius 2 is 1.75 bits per heavy atom. The Bertz CT molecular complexity index is 837. The molecule has 0 aliphatic rings.